The van der Waals surface area contributed by atoms with Gasteiger partial charge in [-0.15, -0.1) is 0 Å². The van der Waals surface area contributed by atoms with Crippen molar-refractivity contribution >= 4 is 5.97 Å². The van der Waals surface area contributed by atoms with E-state index in [1.165, 1.54) is 6.42 Å². The third-order valence-corrected chi connectivity index (χ3v) is 2.80. The van der Waals surface area contributed by atoms with Gasteiger partial charge in [-0.3, -0.25) is 4.79 Å². The van der Waals surface area contributed by atoms with Gasteiger partial charge >= 0.3 is 5.97 Å². The van der Waals surface area contributed by atoms with Crippen molar-refractivity contribution in [3.8, 4) is 0 Å². The number of carbonyl (C=O) groups excluding carboxylic acids is 1. The van der Waals surface area contributed by atoms with Gasteiger partial charge in [-0.25, -0.2) is 0 Å². The van der Waals surface area contributed by atoms with Crippen LogP contribution in [-0.2, 0) is 14.3 Å². The van der Waals surface area contributed by atoms with Gasteiger partial charge < -0.3 is 14.8 Å². The van der Waals surface area contributed by atoms with Crippen LogP contribution in [0.15, 0.2) is 0 Å². The highest BCUT2D eigenvalue weighted by atomic mass is 16.6. The van der Waals surface area contributed by atoms with Crippen molar-refractivity contribution < 1.29 is 14.3 Å². The molecule has 100 valence electrons. The number of hydrogen-bond donors (Lipinski definition) is 1. The topological polar surface area (TPSA) is 47.6 Å². The fourth-order valence-corrected chi connectivity index (χ4v) is 1.86. The van der Waals surface area contributed by atoms with Crippen LogP contribution in [0.4, 0.5) is 0 Å². The molecule has 1 fully saturated rings. The normalized spacial score (nSPS) is 20.5. The molecule has 1 atom stereocenters. The summed E-state index contributed by atoms with van der Waals surface area (Å²) in [7, 11) is 0. The van der Waals surface area contributed by atoms with Crippen LogP contribution >= 0.6 is 0 Å². The van der Waals surface area contributed by atoms with E-state index in [1.54, 1.807) is 0 Å². The molecule has 1 unspecified atom stereocenters. The van der Waals surface area contributed by atoms with Crippen LogP contribution < -0.4 is 5.32 Å². The van der Waals surface area contributed by atoms with E-state index in [0.717, 1.165) is 19.5 Å². The van der Waals surface area contributed by atoms with Gasteiger partial charge in [0.15, 0.2) is 0 Å². The van der Waals surface area contributed by atoms with E-state index in [4.69, 9.17) is 9.47 Å². The largest absolute Gasteiger partial charge is 0.463 e. The van der Waals surface area contributed by atoms with E-state index >= 15 is 0 Å². The van der Waals surface area contributed by atoms with Gasteiger partial charge in [0, 0.05) is 6.42 Å². The second-order valence-corrected chi connectivity index (χ2v) is 5.58. The minimum atomic E-state index is -0.165. The average Bonchev–Trinajstić information content (AvgIpc) is 2.73. The van der Waals surface area contributed by atoms with Crippen LogP contribution in [0.5, 0.6) is 0 Å². The quantitative estimate of drug-likeness (QED) is 0.570. The summed E-state index contributed by atoms with van der Waals surface area (Å²) in [6, 6.07) is 0. The first kappa shape index (κ1) is 14.5. The van der Waals surface area contributed by atoms with E-state index in [0.29, 0.717) is 25.6 Å². The molecular weight excluding hydrogens is 218 g/mol. The summed E-state index contributed by atoms with van der Waals surface area (Å²) >= 11 is 0. The Morgan fingerprint density at radius 1 is 1.35 bits per heavy atom. The van der Waals surface area contributed by atoms with Crippen LogP contribution in [-0.4, -0.2) is 37.9 Å². The van der Waals surface area contributed by atoms with Gasteiger partial charge in [-0.05, 0) is 52.6 Å². The molecule has 0 saturated carbocycles. The first-order chi connectivity index (χ1) is 7.97. The Morgan fingerprint density at radius 3 is 2.71 bits per heavy atom. The van der Waals surface area contributed by atoms with Crippen molar-refractivity contribution in [3.63, 3.8) is 0 Å². The molecule has 17 heavy (non-hydrogen) atoms. The second kappa shape index (κ2) is 6.97. The van der Waals surface area contributed by atoms with Gasteiger partial charge in [-0.1, -0.05) is 0 Å². The van der Waals surface area contributed by atoms with Crippen molar-refractivity contribution in [1.29, 1.82) is 0 Å². The Balaban J connectivity index is 1.97. The zero-order valence-corrected chi connectivity index (χ0v) is 11.3. The predicted octanol–water partition coefficient (Wildman–Crippen LogP) is 1.73. The Kier molecular flexibility index (Phi) is 5.92. The fraction of sp³-hybridized carbons (Fsp3) is 0.923. The smallest absolute Gasteiger partial charge is 0.305 e. The number of ether oxygens (including phenoxy) is 2. The first-order valence-electron chi connectivity index (χ1n) is 6.48. The van der Waals surface area contributed by atoms with Crippen LogP contribution in [0.3, 0.4) is 0 Å². The lowest BCUT2D eigenvalue weighted by atomic mass is 10.0. The maximum absolute atomic E-state index is 11.4. The minimum Gasteiger partial charge on any atom is -0.463 e. The van der Waals surface area contributed by atoms with E-state index < -0.39 is 0 Å². The number of nitrogens with one attached hydrogen (secondary N) is 1. The molecular formula is C13H25NO3. The zero-order chi connectivity index (χ0) is 12.7. The lowest BCUT2D eigenvalue weighted by Gasteiger charge is -2.19. The first-order valence-corrected chi connectivity index (χ1v) is 6.48. The fourth-order valence-electron chi connectivity index (χ4n) is 1.86. The van der Waals surface area contributed by atoms with Crippen LogP contribution in [0.1, 0.15) is 40.0 Å². The molecule has 1 heterocycles. The van der Waals surface area contributed by atoms with Gasteiger partial charge in [-0.2, -0.15) is 0 Å². The molecule has 4 nitrogen and oxygen atoms in total. The second-order valence-electron chi connectivity index (χ2n) is 5.58. The van der Waals surface area contributed by atoms with Crippen molar-refractivity contribution in [2.45, 2.75) is 45.6 Å². The third kappa shape index (κ3) is 7.34. The summed E-state index contributed by atoms with van der Waals surface area (Å²) in [6.45, 7) is 8.92. The van der Waals surface area contributed by atoms with E-state index in [1.807, 2.05) is 20.8 Å². The summed E-state index contributed by atoms with van der Waals surface area (Å²) in [6.07, 6.45) is 2.65. The zero-order valence-electron chi connectivity index (χ0n) is 11.3. The van der Waals surface area contributed by atoms with Crippen LogP contribution in [0.25, 0.3) is 0 Å². The van der Waals surface area contributed by atoms with Gasteiger partial charge in [0.25, 0.3) is 0 Å². The maximum atomic E-state index is 11.4. The van der Waals surface area contributed by atoms with E-state index in [9.17, 15) is 4.79 Å². The van der Waals surface area contributed by atoms with Crippen LogP contribution in [0.2, 0.25) is 0 Å². The molecule has 0 aromatic rings. The summed E-state index contributed by atoms with van der Waals surface area (Å²) in [5, 5.41) is 3.29. The molecule has 0 aromatic carbocycles. The van der Waals surface area contributed by atoms with Gasteiger partial charge in [0.2, 0.25) is 0 Å². The molecule has 0 amide bonds. The summed E-state index contributed by atoms with van der Waals surface area (Å²) in [5.41, 5.74) is -0.165. The average molecular weight is 243 g/mol. The molecule has 1 N–H and O–H groups in total. The molecule has 0 spiro atoms. The molecule has 1 saturated heterocycles. The maximum Gasteiger partial charge on any atom is 0.305 e. The molecule has 4 heteroatoms. The number of carbonyl (C=O) groups is 1. The Bertz CT molecular complexity index is 229. The Labute approximate surface area is 104 Å². The SMILES string of the molecule is CC(C)(C)OCCOC(=O)CCC1CCNC1. The molecule has 1 aliphatic heterocycles. The van der Waals surface area contributed by atoms with Crippen molar-refractivity contribution in [2.75, 3.05) is 26.3 Å². The van der Waals surface area contributed by atoms with Gasteiger partial charge in [0.05, 0.1) is 12.2 Å². The van der Waals surface area contributed by atoms with Crippen molar-refractivity contribution in [1.82, 2.24) is 5.32 Å². The molecule has 0 bridgehead atoms. The summed E-state index contributed by atoms with van der Waals surface area (Å²) in [4.78, 5) is 11.4. The monoisotopic (exact) mass is 243 g/mol. The van der Waals surface area contributed by atoms with Crippen LogP contribution in [0, 0.1) is 5.92 Å². The van der Waals surface area contributed by atoms with E-state index in [-0.39, 0.29) is 11.6 Å². The minimum absolute atomic E-state index is 0.102. The summed E-state index contributed by atoms with van der Waals surface area (Å²) in [5.74, 6) is 0.544. The predicted molar refractivity (Wildman–Crippen MR) is 66.9 cm³/mol. The standard InChI is InChI=1S/C13H25NO3/c1-13(2,3)17-9-8-16-12(15)5-4-11-6-7-14-10-11/h11,14H,4-10H2,1-3H3. The highest BCUT2D eigenvalue weighted by molar-refractivity contribution is 5.69. The molecule has 0 radical (unpaired) electrons. The Morgan fingerprint density at radius 2 is 2.12 bits per heavy atom. The van der Waals surface area contributed by atoms with E-state index in [2.05, 4.69) is 5.32 Å². The highest BCUT2D eigenvalue weighted by Crippen LogP contribution is 2.14. The number of hydrogen-bond acceptors (Lipinski definition) is 4. The van der Waals surface area contributed by atoms with Gasteiger partial charge in [0.1, 0.15) is 6.61 Å². The highest BCUT2D eigenvalue weighted by Gasteiger charge is 2.16. The molecule has 1 aliphatic rings. The Hall–Kier alpha value is -0.610. The van der Waals surface area contributed by atoms with Crippen molar-refractivity contribution in [3.05, 3.63) is 0 Å². The third-order valence-electron chi connectivity index (χ3n) is 2.80. The van der Waals surface area contributed by atoms with Crippen molar-refractivity contribution in [2.24, 2.45) is 5.92 Å². The summed E-state index contributed by atoms with van der Waals surface area (Å²) < 4.78 is 10.6. The molecule has 0 aliphatic carbocycles. The number of esters is 1. The molecule has 1 rings (SSSR count). The molecule has 0 aromatic heterocycles. The number of rotatable bonds is 6. The lowest BCUT2D eigenvalue weighted by molar-refractivity contribution is -0.147. The lowest BCUT2D eigenvalue weighted by Crippen LogP contribution is -2.22.